The normalized spacial score (nSPS) is 17.8. The van der Waals surface area contributed by atoms with E-state index in [0.29, 0.717) is 42.9 Å². The van der Waals surface area contributed by atoms with Gasteiger partial charge in [-0.1, -0.05) is 5.16 Å². The van der Waals surface area contributed by atoms with Crippen LogP contribution in [0.25, 0.3) is 0 Å². The van der Waals surface area contributed by atoms with E-state index in [1.807, 2.05) is 18.3 Å². The molecular weight excluding hydrogens is 322 g/mol. The zero-order valence-corrected chi connectivity index (χ0v) is 14.0. The van der Waals surface area contributed by atoms with E-state index < -0.39 is 0 Å². The minimum Gasteiger partial charge on any atom is -0.454 e. The van der Waals surface area contributed by atoms with E-state index in [-0.39, 0.29) is 11.8 Å². The van der Waals surface area contributed by atoms with Crippen LogP contribution >= 0.6 is 0 Å². The lowest BCUT2D eigenvalue weighted by Crippen LogP contribution is -2.39. The molecule has 0 N–H and O–H groups in total. The van der Waals surface area contributed by atoms with E-state index in [9.17, 15) is 4.79 Å². The van der Waals surface area contributed by atoms with Crippen molar-refractivity contribution in [3.05, 3.63) is 53.8 Å². The number of carbonyl (C=O) groups is 1. The molecule has 4 rings (SSSR count). The fourth-order valence-corrected chi connectivity index (χ4v) is 3.14. The van der Waals surface area contributed by atoms with Gasteiger partial charge in [-0.05, 0) is 31.0 Å². The van der Waals surface area contributed by atoms with Crippen LogP contribution in [0.5, 0.6) is 0 Å². The standard InChI is InChI=1S/C17H19N5O3/c1-12-19-16(20-25-12)13-4-2-8-21(10-13)17(23)15-6-5-14(24-15)11-22-9-3-7-18-22/h3,5-7,9,13H,2,4,8,10-11H2,1H3. The molecule has 0 bridgehead atoms. The maximum absolute atomic E-state index is 12.7. The first kappa shape index (κ1) is 15.6. The predicted octanol–water partition coefficient (Wildman–Crippen LogP) is 2.24. The summed E-state index contributed by atoms with van der Waals surface area (Å²) < 4.78 is 12.5. The summed E-state index contributed by atoms with van der Waals surface area (Å²) in [6, 6.07) is 5.39. The lowest BCUT2D eigenvalue weighted by molar-refractivity contribution is 0.0669. The first-order chi connectivity index (χ1) is 12.2. The molecule has 3 aromatic heterocycles. The highest BCUT2D eigenvalue weighted by atomic mass is 16.5. The predicted molar refractivity (Wildman–Crippen MR) is 87.0 cm³/mol. The molecule has 0 aliphatic carbocycles. The van der Waals surface area contributed by atoms with Crippen molar-refractivity contribution in [1.82, 2.24) is 24.8 Å². The van der Waals surface area contributed by atoms with E-state index in [1.54, 1.807) is 28.8 Å². The smallest absolute Gasteiger partial charge is 0.289 e. The quantitative estimate of drug-likeness (QED) is 0.723. The fourth-order valence-electron chi connectivity index (χ4n) is 3.14. The van der Waals surface area contributed by atoms with Gasteiger partial charge in [-0.3, -0.25) is 9.48 Å². The van der Waals surface area contributed by atoms with Crippen LogP contribution in [0.1, 0.15) is 46.8 Å². The number of amides is 1. The number of nitrogens with zero attached hydrogens (tertiary/aromatic N) is 5. The Labute approximate surface area is 144 Å². The molecule has 1 atom stereocenters. The van der Waals surface area contributed by atoms with Gasteiger partial charge in [0.2, 0.25) is 5.89 Å². The summed E-state index contributed by atoms with van der Waals surface area (Å²) in [5, 5.41) is 8.13. The number of furan rings is 1. The van der Waals surface area contributed by atoms with Crippen molar-refractivity contribution in [3.8, 4) is 0 Å². The van der Waals surface area contributed by atoms with Crippen LogP contribution in [0.15, 0.2) is 39.5 Å². The second-order valence-electron chi connectivity index (χ2n) is 6.23. The van der Waals surface area contributed by atoms with Crippen molar-refractivity contribution in [1.29, 1.82) is 0 Å². The molecule has 1 unspecified atom stereocenters. The SMILES string of the molecule is Cc1nc(C2CCCN(C(=O)c3ccc(Cn4cccn4)o3)C2)no1. The summed E-state index contributed by atoms with van der Waals surface area (Å²) in [6.07, 6.45) is 5.42. The van der Waals surface area contributed by atoms with E-state index in [1.165, 1.54) is 0 Å². The average Bonchev–Trinajstić information content (AvgIpc) is 3.37. The van der Waals surface area contributed by atoms with E-state index >= 15 is 0 Å². The molecule has 4 heterocycles. The molecule has 25 heavy (non-hydrogen) atoms. The van der Waals surface area contributed by atoms with Crippen LogP contribution in [0.2, 0.25) is 0 Å². The highest BCUT2D eigenvalue weighted by Crippen LogP contribution is 2.26. The average molecular weight is 341 g/mol. The number of piperidine rings is 1. The number of likely N-dealkylation sites (tertiary alicyclic amines) is 1. The molecule has 1 saturated heterocycles. The summed E-state index contributed by atoms with van der Waals surface area (Å²) >= 11 is 0. The minimum absolute atomic E-state index is 0.100. The summed E-state index contributed by atoms with van der Waals surface area (Å²) in [6.45, 7) is 3.56. The number of rotatable bonds is 4. The maximum atomic E-state index is 12.7. The molecule has 130 valence electrons. The third-order valence-electron chi connectivity index (χ3n) is 4.37. The molecule has 1 aliphatic heterocycles. The molecule has 0 spiro atoms. The first-order valence-electron chi connectivity index (χ1n) is 8.34. The third-order valence-corrected chi connectivity index (χ3v) is 4.37. The van der Waals surface area contributed by atoms with Crippen molar-refractivity contribution in [3.63, 3.8) is 0 Å². The van der Waals surface area contributed by atoms with Crippen molar-refractivity contribution >= 4 is 5.91 Å². The first-order valence-corrected chi connectivity index (χ1v) is 8.34. The van der Waals surface area contributed by atoms with Crippen molar-refractivity contribution in [2.75, 3.05) is 13.1 Å². The number of carbonyl (C=O) groups excluding carboxylic acids is 1. The van der Waals surface area contributed by atoms with Crippen LogP contribution < -0.4 is 0 Å². The van der Waals surface area contributed by atoms with Crippen LogP contribution in [-0.2, 0) is 6.54 Å². The van der Waals surface area contributed by atoms with E-state index in [0.717, 1.165) is 12.8 Å². The van der Waals surface area contributed by atoms with Gasteiger partial charge >= 0.3 is 0 Å². The Morgan fingerprint density at radius 2 is 2.32 bits per heavy atom. The Hall–Kier alpha value is -2.90. The Morgan fingerprint density at radius 1 is 1.40 bits per heavy atom. The second kappa shape index (κ2) is 6.54. The van der Waals surface area contributed by atoms with Crippen molar-refractivity contribution in [2.45, 2.75) is 32.2 Å². The molecule has 1 aliphatic rings. The second-order valence-corrected chi connectivity index (χ2v) is 6.23. The highest BCUT2D eigenvalue weighted by molar-refractivity contribution is 5.91. The third kappa shape index (κ3) is 3.33. The van der Waals surface area contributed by atoms with Crippen LogP contribution in [0.4, 0.5) is 0 Å². The molecule has 0 aromatic carbocycles. The van der Waals surface area contributed by atoms with Gasteiger partial charge in [0, 0.05) is 38.3 Å². The van der Waals surface area contributed by atoms with Gasteiger partial charge in [0.1, 0.15) is 5.76 Å². The Balaban J connectivity index is 1.44. The van der Waals surface area contributed by atoms with Crippen molar-refractivity contribution < 1.29 is 13.7 Å². The number of aromatic nitrogens is 4. The van der Waals surface area contributed by atoms with Gasteiger partial charge in [-0.25, -0.2) is 0 Å². The highest BCUT2D eigenvalue weighted by Gasteiger charge is 2.29. The fraction of sp³-hybridized carbons (Fsp3) is 0.412. The van der Waals surface area contributed by atoms with Gasteiger partial charge in [0.05, 0.1) is 6.54 Å². The Bertz CT molecular complexity index is 851. The molecule has 3 aromatic rings. The zero-order valence-electron chi connectivity index (χ0n) is 14.0. The summed E-state index contributed by atoms with van der Waals surface area (Å²) in [5.41, 5.74) is 0. The van der Waals surface area contributed by atoms with Gasteiger partial charge in [0.25, 0.3) is 5.91 Å². The van der Waals surface area contributed by atoms with Crippen LogP contribution in [0, 0.1) is 6.92 Å². The monoisotopic (exact) mass is 341 g/mol. The van der Waals surface area contributed by atoms with Crippen LogP contribution in [0.3, 0.4) is 0 Å². The minimum atomic E-state index is -0.100. The molecule has 8 heteroatoms. The number of aryl methyl sites for hydroxylation is 1. The zero-order chi connectivity index (χ0) is 17.2. The largest absolute Gasteiger partial charge is 0.454 e. The Morgan fingerprint density at radius 3 is 3.08 bits per heavy atom. The summed E-state index contributed by atoms with van der Waals surface area (Å²) in [5.74, 6) is 2.29. The maximum Gasteiger partial charge on any atom is 0.289 e. The lowest BCUT2D eigenvalue weighted by Gasteiger charge is -2.30. The van der Waals surface area contributed by atoms with Crippen LogP contribution in [-0.4, -0.2) is 43.8 Å². The molecule has 0 radical (unpaired) electrons. The number of hydrogen-bond acceptors (Lipinski definition) is 6. The Kier molecular flexibility index (Phi) is 4.09. The molecule has 0 saturated carbocycles. The summed E-state index contributed by atoms with van der Waals surface area (Å²) in [7, 11) is 0. The lowest BCUT2D eigenvalue weighted by atomic mass is 9.97. The number of hydrogen-bond donors (Lipinski definition) is 0. The van der Waals surface area contributed by atoms with E-state index in [2.05, 4.69) is 15.2 Å². The molecule has 1 amide bonds. The van der Waals surface area contributed by atoms with Gasteiger partial charge in [-0.15, -0.1) is 0 Å². The van der Waals surface area contributed by atoms with Gasteiger partial charge in [0.15, 0.2) is 11.6 Å². The van der Waals surface area contributed by atoms with Gasteiger partial charge in [-0.2, -0.15) is 10.1 Å². The molecule has 1 fully saturated rings. The molecule has 8 nitrogen and oxygen atoms in total. The van der Waals surface area contributed by atoms with Crippen molar-refractivity contribution in [2.24, 2.45) is 0 Å². The summed E-state index contributed by atoms with van der Waals surface area (Å²) in [4.78, 5) is 18.8. The van der Waals surface area contributed by atoms with E-state index in [4.69, 9.17) is 8.94 Å². The van der Waals surface area contributed by atoms with Gasteiger partial charge < -0.3 is 13.8 Å². The topological polar surface area (TPSA) is 90.2 Å². The molecular formula is C17H19N5O3.